The predicted molar refractivity (Wildman–Crippen MR) is 198 cm³/mol. The molecular formula is C45H30N2. The van der Waals surface area contributed by atoms with Crippen molar-refractivity contribution in [1.82, 2.24) is 9.55 Å². The van der Waals surface area contributed by atoms with Gasteiger partial charge in [-0.3, -0.25) is 4.57 Å². The zero-order valence-electron chi connectivity index (χ0n) is 42.3. The average Bonchev–Trinajstić information content (AvgIpc) is 3.69. The number of para-hydroxylation sites is 3. The zero-order chi connectivity index (χ0) is 46.8. The summed E-state index contributed by atoms with van der Waals surface area (Å²) in [5.74, 6) is -0.0658. The van der Waals surface area contributed by atoms with Crippen molar-refractivity contribution in [2.24, 2.45) is 0 Å². The number of aromatic nitrogens is 2. The van der Waals surface area contributed by atoms with Gasteiger partial charge in [0.2, 0.25) is 0 Å². The third-order valence-electron chi connectivity index (χ3n) is 8.04. The molecule has 2 heteroatoms. The molecule has 1 heterocycles. The van der Waals surface area contributed by atoms with E-state index in [0.29, 0.717) is 11.0 Å². The summed E-state index contributed by atoms with van der Waals surface area (Å²) in [5.41, 5.74) is 1.28. The van der Waals surface area contributed by atoms with Crippen molar-refractivity contribution in [3.8, 4) is 50.5 Å². The predicted octanol–water partition coefficient (Wildman–Crippen LogP) is 12.0. The van der Waals surface area contributed by atoms with E-state index in [1.807, 2.05) is 0 Å². The normalized spacial score (nSPS) is 16.8. The summed E-state index contributed by atoms with van der Waals surface area (Å²) in [7, 11) is 0. The van der Waals surface area contributed by atoms with Gasteiger partial charge in [-0.05, 0) is 67.6 Å². The summed E-state index contributed by atoms with van der Waals surface area (Å²) >= 11 is 0. The van der Waals surface area contributed by atoms with E-state index < -0.39 is 109 Å². The lowest BCUT2D eigenvalue weighted by Crippen LogP contribution is -2.01. The molecule has 0 saturated heterocycles. The quantitative estimate of drug-likeness (QED) is 0.176. The molecule has 8 aromatic carbocycles. The van der Waals surface area contributed by atoms with Gasteiger partial charge in [-0.15, -0.1) is 0 Å². The van der Waals surface area contributed by atoms with Crippen LogP contribution in [0.5, 0.6) is 0 Å². The molecule has 0 fully saturated rings. The van der Waals surface area contributed by atoms with E-state index in [1.165, 1.54) is 24.3 Å². The summed E-state index contributed by atoms with van der Waals surface area (Å²) in [4.78, 5) is 4.77. The van der Waals surface area contributed by atoms with Crippen LogP contribution in [0.2, 0.25) is 0 Å². The van der Waals surface area contributed by atoms with Gasteiger partial charge in [0.15, 0.2) is 0 Å². The van der Waals surface area contributed by atoms with Crippen LogP contribution in [0, 0.1) is 0 Å². The Morgan fingerprint density at radius 2 is 0.936 bits per heavy atom. The molecule has 220 valence electrons. The van der Waals surface area contributed by atoms with Gasteiger partial charge in [-0.25, -0.2) is 4.98 Å². The van der Waals surface area contributed by atoms with Crippen molar-refractivity contribution in [2.75, 3.05) is 0 Å². The molecule has 0 bridgehead atoms. The van der Waals surface area contributed by atoms with Gasteiger partial charge in [0.1, 0.15) is 5.82 Å². The van der Waals surface area contributed by atoms with Gasteiger partial charge in [-0.2, -0.15) is 0 Å². The molecule has 0 aliphatic carbocycles. The first-order chi connectivity index (χ1) is 30.8. The number of nitrogens with zero attached hydrogens (tertiary/aromatic N) is 2. The monoisotopic (exact) mass is 616 g/mol. The van der Waals surface area contributed by atoms with Crippen LogP contribution in [-0.4, -0.2) is 9.55 Å². The van der Waals surface area contributed by atoms with E-state index >= 15 is 0 Å². The number of imidazole rings is 1. The first-order valence-electron chi connectivity index (χ1n) is 23.6. The summed E-state index contributed by atoms with van der Waals surface area (Å²) in [6, 6.07) is 9.03. The van der Waals surface area contributed by atoms with E-state index in [9.17, 15) is 5.48 Å². The lowest BCUT2D eigenvalue weighted by molar-refractivity contribution is 1.10. The van der Waals surface area contributed by atoms with Crippen molar-refractivity contribution in [3.05, 3.63) is 182 Å². The van der Waals surface area contributed by atoms with Gasteiger partial charge in [0.25, 0.3) is 0 Å². The Labute approximate surface area is 299 Å². The Hall–Kier alpha value is -6.25. The largest absolute Gasteiger partial charge is 0.292 e. The molecule has 0 atom stereocenters. The van der Waals surface area contributed by atoms with Crippen LogP contribution in [-0.2, 0) is 0 Å². The minimum absolute atomic E-state index is 0.00995. The molecule has 0 unspecified atom stereocenters. The molecule has 1 aromatic heterocycles. The summed E-state index contributed by atoms with van der Waals surface area (Å²) in [5, 5.41) is -0.482. The van der Waals surface area contributed by atoms with E-state index in [1.54, 1.807) is 53.1 Å². The molecule has 0 N–H and O–H groups in total. The molecule has 9 aromatic rings. The highest BCUT2D eigenvalue weighted by Crippen LogP contribution is 2.46. The fourth-order valence-corrected chi connectivity index (χ4v) is 6.06. The van der Waals surface area contributed by atoms with Crippen LogP contribution in [0.15, 0.2) is 182 Å². The second kappa shape index (κ2) is 11.3. The van der Waals surface area contributed by atoms with Gasteiger partial charge in [0.05, 0.1) is 41.4 Å². The van der Waals surface area contributed by atoms with Gasteiger partial charge in [0, 0.05) is 11.1 Å². The molecule has 47 heavy (non-hydrogen) atoms. The zero-order valence-corrected chi connectivity index (χ0v) is 24.3. The Morgan fingerprint density at radius 3 is 1.60 bits per heavy atom. The Morgan fingerprint density at radius 1 is 0.426 bits per heavy atom. The van der Waals surface area contributed by atoms with Crippen molar-refractivity contribution >= 4 is 32.6 Å². The molecule has 0 aliphatic rings. The number of hydrogen-bond acceptors (Lipinski definition) is 1. The van der Waals surface area contributed by atoms with Crippen LogP contribution < -0.4 is 0 Å². The van der Waals surface area contributed by atoms with Crippen molar-refractivity contribution in [2.45, 2.75) is 0 Å². The fraction of sp³-hybridized carbons (Fsp3) is 0. The molecule has 9 rings (SSSR count). The van der Waals surface area contributed by atoms with Crippen LogP contribution in [0.1, 0.15) is 24.7 Å². The molecular weight excluding hydrogens is 569 g/mol. The first kappa shape index (κ1) is 14.5. The second-order valence-electron chi connectivity index (χ2n) is 10.6. The van der Waals surface area contributed by atoms with Gasteiger partial charge in [-0.1, -0.05) is 163 Å². The topological polar surface area (TPSA) is 17.8 Å². The molecule has 0 spiro atoms. The second-order valence-corrected chi connectivity index (χ2v) is 10.6. The Bertz CT molecular complexity index is 3440. The van der Waals surface area contributed by atoms with Crippen LogP contribution in [0.4, 0.5) is 0 Å². The third kappa shape index (κ3) is 4.54. The number of fused-ring (bicyclic) bond motifs is 3. The van der Waals surface area contributed by atoms with E-state index in [-0.39, 0.29) is 72.0 Å². The smallest absolute Gasteiger partial charge is 0.145 e. The number of rotatable bonds is 5. The summed E-state index contributed by atoms with van der Waals surface area (Å²) in [6.07, 6.45) is 0. The highest BCUT2D eigenvalue weighted by Gasteiger charge is 2.21. The lowest BCUT2D eigenvalue weighted by atomic mass is 9.85. The Balaban J connectivity index is 1.46. The lowest BCUT2D eigenvalue weighted by Gasteiger charge is -2.21. The maximum Gasteiger partial charge on any atom is 0.145 e. The van der Waals surface area contributed by atoms with Crippen molar-refractivity contribution < 1.29 is 24.7 Å². The molecule has 0 saturated carbocycles. The summed E-state index contributed by atoms with van der Waals surface area (Å²) in [6.45, 7) is 0. The van der Waals surface area contributed by atoms with E-state index in [2.05, 4.69) is 0 Å². The maximum atomic E-state index is 9.49. The fourth-order valence-electron chi connectivity index (χ4n) is 6.06. The van der Waals surface area contributed by atoms with Gasteiger partial charge >= 0.3 is 0 Å². The third-order valence-corrected chi connectivity index (χ3v) is 8.04. The van der Waals surface area contributed by atoms with Crippen molar-refractivity contribution in [1.29, 1.82) is 0 Å². The molecule has 2 nitrogen and oxygen atoms in total. The standard InChI is InChI=1S/C45H30N2/c1-3-15-31(16-4-1)32-27-29-33(30-28-32)43-35-19-7-9-21-37(35)44(38-22-10-8-20-36(38)43)39-23-11-13-25-41(39)47-42-26-14-12-24-40(42)46-45(47)34-17-5-2-6-18-34/h1-30H/i1D,2D,3D,4D,5D,6D,7D,8D,9D,10D,15D,16D,17D,18D,19D,20D,21D,22D. The summed E-state index contributed by atoms with van der Waals surface area (Å²) < 4.78 is 159. The first-order valence-corrected chi connectivity index (χ1v) is 14.6. The SMILES string of the molecule is [2H]c1c([2H])c([2H])c(-c2ccc(-c3c4c([2H])c([2H])c([2H])c([2H])c4c(-c4ccccc4-n4c(-c5c([2H])c([2H])c([2H])c([2H])c5[2H])nc5ccccc54)c4c([2H])c([2H])c([2H])c([2H])c34)cc2)c([2H])c1[2H]. The van der Waals surface area contributed by atoms with Crippen LogP contribution in [0.3, 0.4) is 0 Å². The molecule has 0 aliphatic heterocycles. The average molecular weight is 617 g/mol. The molecule has 0 radical (unpaired) electrons. The van der Waals surface area contributed by atoms with E-state index in [4.69, 9.17) is 24.2 Å². The Kier molecular flexibility index (Phi) is 3.47. The maximum absolute atomic E-state index is 9.49. The highest BCUT2D eigenvalue weighted by atomic mass is 15.1. The number of benzene rings is 8. The van der Waals surface area contributed by atoms with Crippen LogP contribution >= 0.6 is 0 Å². The minimum atomic E-state index is -0.642. The molecule has 0 amide bonds. The minimum Gasteiger partial charge on any atom is -0.292 e. The number of hydrogen-bond donors (Lipinski definition) is 0. The van der Waals surface area contributed by atoms with Crippen molar-refractivity contribution in [3.63, 3.8) is 0 Å². The highest BCUT2D eigenvalue weighted by molar-refractivity contribution is 6.22. The van der Waals surface area contributed by atoms with E-state index in [0.717, 1.165) is 0 Å². The van der Waals surface area contributed by atoms with Gasteiger partial charge < -0.3 is 0 Å². The van der Waals surface area contributed by atoms with Crippen LogP contribution in [0.25, 0.3) is 83.0 Å².